The second kappa shape index (κ2) is 7.02. The zero-order valence-electron chi connectivity index (χ0n) is 11.4. The number of methoxy groups -OCH3 is 1. The number of esters is 1. The van der Waals surface area contributed by atoms with Gasteiger partial charge in [0.15, 0.2) is 6.61 Å². The summed E-state index contributed by atoms with van der Waals surface area (Å²) in [6.07, 6.45) is 5.42. The molecule has 104 valence electrons. The number of hydrogen-bond acceptors (Lipinski definition) is 4. The van der Waals surface area contributed by atoms with Crippen molar-refractivity contribution >= 4 is 11.7 Å². The molecule has 4 nitrogen and oxygen atoms in total. The zero-order valence-corrected chi connectivity index (χ0v) is 11.4. The van der Waals surface area contributed by atoms with Crippen LogP contribution in [0.2, 0.25) is 0 Å². The lowest BCUT2D eigenvalue weighted by Gasteiger charge is -2.12. The summed E-state index contributed by atoms with van der Waals surface area (Å²) in [5, 5.41) is 3.44. The maximum atomic E-state index is 10.9. The third-order valence-electron chi connectivity index (χ3n) is 3.51. The van der Waals surface area contributed by atoms with Crippen LogP contribution in [-0.2, 0) is 9.53 Å². The van der Waals surface area contributed by atoms with Crippen molar-refractivity contribution in [3.8, 4) is 5.75 Å². The minimum absolute atomic E-state index is 0.0502. The van der Waals surface area contributed by atoms with Gasteiger partial charge >= 0.3 is 5.97 Å². The number of carbonyl (C=O) groups excluding carboxylic acids is 1. The lowest BCUT2D eigenvalue weighted by molar-refractivity contribution is -0.142. The number of hydrogen-bond donors (Lipinski definition) is 1. The van der Waals surface area contributed by atoms with Gasteiger partial charge in [-0.2, -0.15) is 0 Å². The van der Waals surface area contributed by atoms with Gasteiger partial charge in [-0.3, -0.25) is 0 Å². The van der Waals surface area contributed by atoms with E-state index in [0.29, 0.717) is 5.75 Å². The first kappa shape index (κ1) is 13.7. The Bertz CT molecular complexity index is 396. The standard InChI is InChI=1S/C15H21NO3/c1-18-15(17)11-19-14-8-6-13(7-9-14)16-10-12-4-2-3-5-12/h6-9,12,16H,2-5,10-11H2,1H3. The molecule has 1 fully saturated rings. The second-order valence-electron chi connectivity index (χ2n) is 4.92. The van der Waals surface area contributed by atoms with E-state index in [2.05, 4.69) is 10.1 Å². The minimum Gasteiger partial charge on any atom is -0.482 e. The summed E-state index contributed by atoms with van der Waals surface area (Å²) in [7, 11) is 1.35. The monoisotopic (exact) mass is 263 g/mol. The Morgan fingerprint density at radius 1 is 1.26 bits per heavy atom. The summed E-state index contributed by atoms with van der Waals surface area (Å²) in [6.45, 7) is 0.994. The third-order valence-corrected chi connectivity index (χ3v) is 3.51. The van der Waals surface area contributed by atoms with E-state index in [-0.39, 0.29) is 12.6 Å². The Labute approximate surface area is 114 Å². The molecule has 0 bridgehead atoms. The molecule has 4 heteroatoms. The van der Waals surface area contributed by atoms with Crippen molar-refractivity contribution in [1.29, 1.82) is 0 Å². The van der Waals surface area contributed by atoms with Crippen LogP contribution in [0.5, 0.6) is 5.75 Å². The molecule has 0 saturated heterocycles. The first-order valence-corrected chi connectivity index (χ1v) is 6.81. The van der Waals surface area contributed by atoms with Gasteiger partial charge in [0.2, 0.25) is 0 Å². The van der Waals surface area contributed by atoms with Gasteiger partial charge in [-0.15, -0.1) is 0 Å². The average molecular weight is 263 g/mol. The summed E-state index contributed by atoms with van der Waals surface area (Å²) < 4.78 is 9.80. The second-order valence-corrected chi connectivity index (χ2v) is 4.92. The van der Waals surface area contributed by atoms with Crippen molar-refractivity contribution in [2.75, 3.05) is 25.6 Å². The lowest BCUT2D eigenvalue weighted by atomic mass is 10.1. The van der Waals surface area contributed by atoms with Crippen molar-refractivity contribution in [1.82, 2.24) is 0 Å². The topological polar surface area (TPSA) is 47.6 Å². The van der Waals surface area contributed by atoms with E-state index in [1.54, 1.807) is 0 Å². The maximum Gasteiger partial charge on any atom is 0.343 e. The van der Waals surface area contributed by atoms with Crippen LogP contribution in [-0.4, -0.2) is 26.2 Å². The number of nitrogens with one attached hydrogen (secondary N) is 1. The molecule has 0 amide bonds. The van der Waals surface area contributed by atoms with Gasteiger partial charge in [0.1, 0.15) is 5.75 Å². The first-order chi connectivity index (χ1) is 9.28. The normalized spacial score (nSPS) is 15.2. The molecule has 0 aromatic heterocycles. The fourth-order valence-electron chi connectivity index (χ4n) is 2.35. The molecule has 1 aliphatic carbocycles. The molecule has 1 aromatic rings. The lowest BCUT2D eigenvalue weighted by Crippen LogP contribution is -2.13. The van der Waals surface area contributed by atoms with Gasteiger partial charge in [-0.1, -0.05) is 12.8 Å². The number of carbonyl (C=O) groups is 1. The number of ether oxygens (including phenoxy) is 2. The Morgan fingerprint density at radius 3 is 2.58 bits per heavy atom. The minimum atomic E-state index is -0.372. The van der Waals surface area contributed by atoms with Crippen molar-refractivity contribution in [2.24, 2.45) is 5.92 Å². The molecule has 1 N–H and O–H groups in total. The molecular formula is C15H21NO3. The van der Waals surface area contributed by atoms with Crippen LogP contribution in [0.1, 0.15) is 25.7 Å². The number of anilines is 1. The highest BCUT2D eigenvalue weighted by Crippen LogP contribution is 2.25. The van der Waals surface area contributed by atoms with E-state index in [1.165, 1.54) is 32.8 Å². The van der Waals surface area contributed by atoms with E-state index in [1.807, 2.05) is 24.3 Å². The van der Waals surface area contributed by atoms with Crippen LogP contribution < -0.4 is 10.1 Å². The fourth-order valence-corrected chi connectivity index (χ4v) is 2.35. The Kier molecular flexibility index (Phi) is 5.07. The SMILES string of the molecule is COC(=O)COc1ccc(NCC2CCCC2)cc1. The van der Waals surface area contributed by atoms with E-state index >= 15 is 0 Å². The van der Waals surface area contributed by atoms with Crippen LogP contribution in [0, 0.1) is 5.92 Å². The molecule has 0 spiro atoms. The van der Waals surface area contributed by atoms with Gasteiger partial charge < -0.3 is 14.8 Å². The molecule has 0 heterocycles. The van der Waals surface area contributed by atoms with Crippen LogP contribution in [0.25, 0.3) is 0 Å². The molecule has 0 radical (unpaired) electrons. The highest BCUT2D eigenvalue weighted by atomic mass is 16.6. The molecule has 0 unspecified atom stereocenters. The predicted octanol–water partition coefficient (Wildman–Crippen LogP) is 2.84. The summed E-state index contributed by atoms with van der Waals surface area (Å²) in [5.74, 6) is 1.12. The Hall–Kier alpha value is -1.71. The Morgan fingerprint density at radius 2 is 1.95 bits per heavy atom. The smallest absolute Gasteiger partial charge is 0.343 e. The van der Waals surface area contributed by atoms with Crippen molar-refractivity contribution in [2.45, 2.75) is 25.7 Å². The van der Waals surface area contributed by atoms with Gasteiger partial charge in [0, 0.05) is 12.2 Å². The highest BCUT2D eigenvalue weighted by molar-refractivity contribution is 5.70. The summed E-state index contributed by atoms with van der Waals surface area (Å²) in [4.78, 5) is 10.9. The van der Waals surface area contributed by atoms with E-state index in [0.717, 1.165) is 18.2 Å². The van der Waals surface area contributed by atoms with E-state index in [9.17, 15) is 4.79 Å². The highest BCUT2D eigenvalue weighted by Gasteiger charge is 2.14. The molecule has 1 aromatic carbocycles. The van der Waals surface area contributed by atoms with Crippen molar-refractivity contribution in [3.05, 3.63) is 24.3 Å². The number of benzene rings is 1. The third kappa shape index (κ3) is 4.47. The Balaban J connectivity index is 1.75. The van der Waals surface area contributed by atoms with Gasteiger partial charge in [0.25, 0.3) is 0 Å². The first-order valence-electron chi connectivity index (χ1n) is 6.81. The van der Waals surface area contributed by atoms with Gasteiger partial charge in [-0.05, 0) is 43.0 Å². The largest absolute Gasteiger partial charge is 0.482 e. The van der Waals surface area contributed by atoms with Crippen LogP contribution in [0.3, 0.4) is 0 Å². The predicted molar refractivity (Wildman–Crippen MR) is 74.4 cm³/mol. The van der Waals surface area contributed by atoms with Crippen molar-refractivity contribution < 1.29 is 14.3 Å². The van der Waals surface area contributed by atoms with E-state index < -0.39 is 0 Å². The summed E-state index contributed by atoms with van der Waals surface area (Å²) >= 11 is 0. The quantitative estimate of drug-likeness (QED) is 0.802. The molecule has 0 atom stereocenters. The molecular weight excluding hydrogens is 242 g/mol. The summed E-state index contributed by atoms with van der Waals surface area (Å²) in [5.41, 5.74) is 1.09. The summed E-state index contributed by atoms with van der Waals surface area (Å²) in [6, 6.07) is 7.67. The number of rotatable bonds is 6. The van der Waals surface area contributed by atoms with Crippen molar-refractivity contribution in [3.63, 3.8) is 0 Å². The zero-order chi connectivity index (χ0) is 13.5. The molecule has 2 rings (SSSR count). The average Bonchev–Trinajstić information content (AvgIpc) is 2.97. The van der Waals surface area contributed by atoms with Crippen LogP contribution in [0.4, 0.5) is 5.69 Å². The van der Waals surface area contributed by atoms with Gasteiger partial charge in [0.05, 0.1) is 7.11 Å². The molecule has 0 aliphatic heterocycles. The molecule has 1 saturated carbocycles. The molecule has 19 heavy (non-hydrogen) atoms. The maximum absolute atomic E-state index is 10.9. The molecule has 1 aliphatic rings. The van der Waals surface area contributed by atoms with Crippen LogP contribution >= 0.6 is 0 Å². The van der Waals surface area contributed by atoms with Crippen LogP contribution in [0.15, 0.2) is 24.3 Å². The van der Waals surface area contributed by atoms with Gasteiger partial charge in [-0.25, -0.2) is 4.79 Å². The van der Waals surface area contributed by atoms with E-state index in [4.69, 9.17) is 4.74 Å². The fraction of sp³-hybridized carbons (Fsp3) is 0.533.